The van der Waals surface area contributed by atoms with Crippen molar-refractivity contribution in [3.8, 4) is 0 Å². The molecule has 0 spiro atoms. The van der Waals surface area contributed by atoms with Crippen LogP contribution in [0.1, 0.15) is 42.8 Å². The predicted molar refractivity (Wildman–Crippen MR) is 83.6 cm³/mol. The molecule has 2 heterocycles. The molecule has 0 aromatic carbocycles. The zero-order chi connectivity index (χ0) is 18.2. The van der Waals surface area contributed by atoms with E-state index in [1.165, 1.54) is 9.58 Å². The van der Waals surface area contributed by atoms with Crippen molar-refractivity contribution >= 4 is 5.91 Å². The van der Waals surface area contributed by atoms with Gasteiger partial charge in [0.2, 0.25) is 5.91 Å². The van der Waals surface area contributed by atoms with Gasteiger partial charge in [0.1, 0.15) is 6.54 Å². The van der Waals surface area contributed by atoms with Crippen molar-refractivity contribution in [3.63, 3.8) is 0 Å². The molecule has 0 unspecified atom stereocenters. The summed E-state index contributed by atoms with van der Waals surface area (Å²) in [5, 5.41) is 7.77. The smallest absolute Gasteiger partial charge is 0.338 e. The number of rotatable bonds is 6. The van der Waals surface area contributed by atoms with Gasteiger partial charge in [0, 0.05) is 31.4 Å². The van der Waals surface area contributed by atoms with Crippen molar-refractivity contribution in [1.29, 1.82) is 0 Å². The van der Waals surface area contributed by atoms with Gasteiger partial charge in [0.25, 0.3) is 0 Å². The van der Waals surface area contributed by atoms with E-state index < -0.39 is 11.9 Å². The van der Waals surface area contributed by atoms with Crippen LogP contribution in [0.4, 0.5) is 13.2 Å². The molecule has 136 valence electrons. The molecule has 0 atom stereocenters. The topological polar surface area (TPSA) is 56.0 Å². The van der Waals surface area contributed by atoms with Crippen LogP contribution in [0, 0.1) is 0 Å². The first-order chi connectivity index (χ1) is 11.8. The van der Waals surface area contributed by atoms with E-state index in [4.69, 9.17) is 0 Å². The first-order valence-electron chi connectivity index (χ1n) is 8.19. The Morgan fingerprint density at radius 3 is 2.68 bits per heavy atom. The Morgan fingerprint density at radius 2 is 2.08 bits per heavy atom. The highest BCUT2D eigenvalue weighted by Gasteiger charge is 2.38. The Balaban J connectivity index is 1.73. The average molecular weight is 355 g/mol. The lowest BCUT2D eigenvalue weighted by Crippen LogP contribution is -2.31. The number of hydrogen-bond acceptors (Lipinski definition) is 3. The van der Waals surface area contributed by atoms with Gasteiger partial charge in [-0.25, -0.2) is 0 Å². The van der Waals surface area contributed by atoms with E-state index in [2.05, 4.69) is 10.2 Å². The maximum Gasteiger partial charge on any atom is 0.435 e. The highest BCUT2D eigenvalue weighted by atomic mass is 19.4. The van der Waals surface area contributed by atoms with Gasteiger partial charge >= 0.3 is 6.18 Å². The normalized spacial score (nSPS) is 14.8. The SMILES string of the molecule is CCn1nccc1CN(C)C(=O)Cn1nc(C(F)(F)F)cc1C1CC1. The van der Waals surface area contributed by atoms with Crippen LogP contribution in [0.25, 0.3) is 0 Å². The number of hydrogen-bond donors (Lipinski definition) is 0. The van der Waals surface area contributed by atoms with E-state index >= 15 is 0 Å². The fourth-order valence-corrected chi connectivity index (χ4v) is 2.76. The number of aromatic nitrogens is 4. The van der Waals surface area contributed by atoms with Crippen LogP contribution in [0.5, 0.6) is 0 Å². The quantitative estimate of drug-likeness (QED) is 0.800. The molecule has 0 N–H and O–H groups in total. The molecular weight excluding hydrogens is 335 g/mol. The predicted octanol–water partition coefficient (Wildman–Crippen LogP) is 2.65. The number of alkyl halides is 3. The Labute approximate surface area is 143 Å². The number of amides is 1. The highest BCUT2D eigenvalue weighted by molar-refractivity contribution is 5.75. The van der Waals surface area contributed by atoms with Gasteiger partial charge in [-0.3, -0.25) is 14.2 Å². The third kappa shape index (κ3) is 3.85. The summed E-state index contributed by atoms with van der Waals surface area (Å²) in [5.74, 6) is -0.217. The Kier molecular flexibility index (Phi) is 4.57. The lowest BCUT2D eigenvalue weighted by molar-refractivity contribution is -0.142. The fraction of sp³-hybridized carbons (Fsp3) is 0.562. The minimum atomic E-state index is -4.50. The minimum absolute atomic E-state index is 0.0724. The Bertz CT molecular complexity index is 760. The summed E-state index contributed by atoms with van der Waals surface area (Å²) in [6, 6.07) is 2.88. The van der Waals surface area contributed by atoms with E-state index in [-0.39, 0.29) is 18.4 Å². The van der Waals surface area contributed by atoms with Crippen LogP contribution in [0.3, 0.4) is 0 Å². The number of aryl methyl sites for hydroxylation is 1. The van der Waals surface area contributed by atoms with E-state index in [1.807, 2.05) is 13.0 Å². The van der Waals surface area contributed by atoms with Crippen molar-refractivity contribution < 1.29 is 18.0 Å². The summed E-state index contributed by atoms with van der Waals surface area (Å²) in [6.45, 7) is 2.78. The molecule has 0 aliphatic heterocycles. The van der Waals surface area contributed by atoms with Gasteiger partial charge in [-0.05, 0) is 31.9 Å². The molecular formula is C16H20F3N5O. The second-order valence-corrected chi connectivity index (χ2v) is 6.27. The van der Waals surface area contributed by atoms with Crippen LogP contribution < -0.4 is 0 Å². The molecule has 0 bridgehead atoms. The molecule has 6 nitrogen and oxygen atoms in total. The highest BCUT2D eigenvalue weighted by Crippen LogP contribution is 2.42. The molecule has 1 saturated carbocycles. The molecule has 1 amide bonds. The summed E-state index contributed by atoms with van der Waals surface area (Å²) in [7, 11) is 1.63. The van der Waals surface area contributed by atoms with Crippen molar-refractivity contribution in [1.82, 2.24) is 24.5 Å². The van der Waals surface area contributed by atoms with E-state index in [0.717, 1.165) is 24.6 Å². The van der Waals surface area contributed by atoms with Crippen molar-refractivity contribution in [3.05, 3.63) is 35.4 Å². The van der Waals surface area contributed by atoms with Crippen LogP contribution in [0.2, 0.25) is 0 Å². The standard InChI is InChI=1S/C16H20F3N5O/c1-3-23-12(6-7-20-23)9-22(2)15(25)10-24-13(11-4-5-11)8-14(21-24)16(17,18)19/h6-8,11H,3-5,9-10H2,1-2H3. The summed E-state index contributed by atoms with van der Waals surface area (Å²) >= 11 is 0. The number of halogens is 3. The molecule has 0 saturated heterocycles. The Hall–Kier alpha value is -2.32. The molecule has 2 aromatic heterocycles. The second-order valence-electron chi connectivity index (χ2n) is 6.27. The molecule has 0 radical (unpaired) electrons. The fourth-order valence-electron chi connectivity index (χ4n) is 2.76. The number of nitrogens with zero attached hydrogens (tertiary/aromatic N) is 5. The van der Waals surface area contributed by atoms with Gasteiger partial charge in [-0.15, -0.1) is 0 Å². The monoisotopic (exact) mass is 355 g/mol. The third-order valence-corrected chi connectivity index (χ3v) is 4.31. The van der Waals surface area contributed by atoms with Gasteiger partial charge in [0.15, 0.2) is 5.69 Å². The molecule has 3 rings (SSSR count). The summed E-state index contributed by atoms with van der Waals surface area (Å²) in [5.41, 5.74) is 0.429. The lowest BCUT2D eigenvalue weighted by atomic mass is 10.2. The molecule has 1 aliphatic carbocycles. The Morgan fingerprint density at radius 1 is 1.36 bits per heavy atom. The second kappa shape index (κ2) is 6.53. The molecule has 1 fully saturated rings. The first-order valence-corrected chi connectivity index (χ1v) is 8.19. The van der Waals surface area contributed by atoms with Crippen molar-refractivity contribution in [2.45, 2.75) is 51.5 Å². The van der Waals surface area contributed by atoms with Crippen LogP contribution in [-0.4, -0.2) is 37.4 Å². The molecule has 1 aliphatic rings. The van der Waals surface area contributed by atoms with Crippen LogP contribution in [0.15, 0.2) is 18.3 Å². The van der Waals surface area contributed by atoms with Gasteiger partial charge in [-0.1, -0.05) is 0 Å². The van der Waals surface area contributed by atoms with E-state index in [1.54, 1.807) is 17.9 Å². The van der Waals surface area contributed by atoms with E-state index in [9.17, 15) is 18.0 Å². The van der Waals surface area contributed by atoms with E-state index in [0.29, 0.717) is 18.8 Å². The zero-order valence-corrected chi connectivity index (χ0v) is 14.1. The lowest BCUT2D eigenvalue weighted by Gasteiger charge is -2.18. The van der Waals surface area contributed by atoms with Gasteiger partial charge in [-0.2, -0.15) is 23.4 Å². The summed E-state index contributed by atoms with van der Waals surface area (Å²) in [4.78, 5) is 13.9. The maximum absolute atomic E-state index is 12.9. The largest absolute Gasteiger partial charge is 0.435 e. The van der Waals surface area contributed by atoms with Gasteiger partial charge in [0.05, 0.1) is 12.2 Å². The maximum atomic E-state index is 12.9. The average Bonchev–Trinajstić information content (AvgIpc) is 3.13. The van der Waals surface area contributed by atoms with Gasteiger partial charge < -0.3 is 4.90 Å². The summed E-state index contributed by atoms with van der Waals surface area (Å²) < 4.78 is 41.7. The number of likely N-dealkylation sites (N-methyl/N-ethyl adjacent to an activating group) is 1. The number of carbonyl (C=O) groups is 1. The van der Waals surface area contributed by atoms with Crippen molar-refractivity contribution in [2.24, 2.45) is 0 Å². The minimum Gasteiger partial charge on any atom is -0.338 e. The molecule has 9 heteroatoms. The molecule has 25 heavy (non-hydrogen) atoms. The van der Waals surface area contributed by atoms with Crippen LogP contribution in [-0.2, 0) is 30.6 Å². The number of carbonyl (C=O) groups excluding carboxylic acids is 1. The van der Waals surface area contributed by atoms with Crippen LogP contribution >= 0.6 is 0 Å². The third-order valence-electron chi connectivity index (χ3n) is 4.31. The van der Waals surface area contributed by atoms with Crippen molar-refractivity contribution in [2.75, 3.05) is 7.05 Å². The summed E-state index contributed by atoms with van der Waals surface area (Å²) in [6.07, 6.45) is -1.17. The zero-order valence-electron chi connectivity index (χ0n) is 14.1. The first kappa shape index (κ1) is 17.5. The molecule has 2 aromatic rings.